The Morgan fingerprint density at radius 3 is 3.00 bits per heavy atom. The van der Waals surface area contributed by atoms with Gasteiger partial charge < -0.3 is 15.0 Å². The fourth-order valence-electron chi connectivity index (χ4n) is 2.37. The summed E-state index contributed by atoms with van der Waals surface area (Å²) in [5, 5.41) is 3.34. The zero-order valence-electron chi connectivity index (χ0n) is 12.0. The largest absolute Gasteiger partial charge is 0.466 e. The first-order chi connectivity index (χ1) is 10.1. The number of esters is 1. The predicted octanol–water partition coefficient (Wildman–Crippen LogP) is 2.80. The number of para-hydroxylation sites is 1. The minimum absolute atomic E-state index is 0.168. The van der Waals surface area contributed by atoms with Crippen molar-refractivity contribution in [2.75, 3.05) is 25.0 Å². The third-order valence-electron chi connectivity index (χ3n) is 3.44. The molecule has 0 saturated carbocycles. The molecule has 0 aliphatic carbocycles. The molecule has 0 amide bonds. The minimum Gasteiger partial charge on any atom is -0.466 e. The molecular formula is C15H19FN2O2S. The van der Waals surface area contributed by atoms with Gasteiger partial charge in [-0.3, -0.25) is 4.79 Å². The lowest BCUT2D eigenvalue weighted by Crippen LogP contribution is -2.44. The summed E-state index contributed by atoms with van der Waals surface area (Å²) < 4.78 is 18.7. The number of rotatable bonds is 3. The third-order valence-corrected chi connectivity index (χ3v) is 3.80. The average molecular weight is 310 g/mol. The van der Waals surface area contributed by atoms with E-state index in [1.165, 1.54) is 6.07 Å². The fourth-order valence-corrected chi connectivity index (χ4v) is 2.65. The van der Waals surface area contributed by atoms with Crippen molar-refractivity contribution in [1.82, 2.24) is 4.90 Å². The molecule has 1 aliphatic heterocycles. The van der Waals surface area contributed by atoms with Crippen molar-refractivity contribution in [3.05, 3.63) is 30.1 Å². The van der Waals surface area contributed by atoms with E-state index < -0.39 is 0 Å². The van der Waals surface area contributed by atoms with Gasteiger partial charge in [0.25, 0.3) is 0 Å². The molecule has 1 N–H and O–H groups in total. The average Bonchev–Trinajstić information content (AvgIpc) is 2.50. The molecule has 0 radical (unpaired) electrons. The van der Waals surface area contributed by atoms with E-state index in [4.69, 9.17) is 17.0 Å². The molecule has 1 unspecified atom stereocenters. The van der Waals surface area contributed by atoms with Gasteiger partial charge in [0.05, 0.1) is 18.2 Å². The number of likely N-dealkylation sites (tertiary alicyclic amines) is 1. The van der Waals surface area contributed by atoms with Crippen LogP contribution in [0.15, 0.2) is 24.3 Å². The normalized spacial score (nSPS) is 18.2. The molecule has 1 fully saturated rings. The van der Waals surface area contributed by atoms with Crippen LogP contribution in [0.2, 0.25) is 0 Å². The van der Waals surface area contributed by atoms with E-state index in [-0.39, 0.29) is 17.7 Å². The van der Waals surface area contributed by atoms with Crippen molar-refractivity contribution in [1.29, 1.82) is 0 Å². The molecule has 0 bridgehead atoms. The quantitative estimate of drug-likeness (QED) is 0.687. The summed E-state index contributed by atoms with van der Waals surface area (Å²) in [5.74, 6) is -0.700. The molecule has 114 valence electrons. The van der Waals surface area contributed by atoms with Gasteiger partial charge in [0.1, 0.15) is 5.82 Å². The Bertz CT molecular complexity index is 524. The van der Waals surface area contributed by atoms with E-state index in [1.807, 2.05) is 4.90 Å². The van der Waals surface area contributed by atoms with Crippen LogP contribution in [0.5, 0.6) is 0 Å². The lowest BCUT2D eigenvalue weighted by atomic mass is 9.98. The molecular weight excluding hydrogens is 291 g/mol. The second-order valence-corrected chi connectivity index (χ2v) is 5.33. The van der Waals surface area contributed by atoms with Crippen LogP contribution in [0.3, 0.4) is 0 Å². The number of carbonyl (C=O) groups excluding carboxylic acids is 1. The molecule has 4 nitrogen and oxygen atoms in total. The molecule has 2 rings (SSSR count). The number of ether oxygens (including phenoxy) is 1. The van der Waals surface area contributed by atoms with Crippen molar-refractivity contribution in [3.8, 4) is 0 Å². The van der Waals surface area contributed by atoms with Crippen LogP contribution in [0.1, 0.15) is 19.8 Å². The van der Waals surface area contributed by atoms with Crippen LogP contribution in [0.4, 0.5) is 10.1 Å². The van der Waals surface area contributed by atoms with Crippen molar-refractivity contribution in [2.24, 2.45) is 5.92 Å². The minimum atomic E-state index is -0.348. The maximum atomic E-state index is 13.6. The summed E-state index contributed by atoms with van der Waals surface area (Å²) in [7, 11) is 0. The van der Waals surface area contributed by atoms with Crippen LogP contribution < -0.4 is 5.32 Å². The van der Waals surface area contributed by atoms with Gasteiger partial charge in [0, 0.05) is 13.1 Å². The topological polar surface area (TPSA) is 41.6 Å². The lowest BCUT2D eigenvalue weighted by Gasteiger charge is -2.33. The molecule has 1 aliphatic rings. The summed E-state index contributed by atoms with van der Waals surface area (Å²) in [6.45, 7) is 3.45. The first-order valence-electron chi connectivity index (χ1n) is 7.09. The van der Waals surface area contributed by atoms with Gasteiger partial charge in [-0.15, -0.1) is 0 Å². The highest BCUT2D eigenvalue weighted by Crippen LogP contribution is 2.20. The molecule has 1 saturated heterocycles. The van der Waals surface area contributed by atoms with Gasteiger partial charge in [0.15, 0.2) is 5.11 Å². The fraction of sp³-hybridized carbons (Fsp3) is 0.467. The van der Waals surface area contributed by atoms with Crippen molar-refractivity contribution in [2.45, 2.75) is 19.8 Å². The number of benzene rings is 1. The number of thiocarbonyl (C=S) groups is 1. The number of halogens is 1. The smallest absolute Gasteiger partial charge is 0.310 e. The Balaban J connectivity index is 1.96. The summed E-state index contributed by atoms with van der Waals surface area (Å²) in [4.78, 5) is 13.7. The number of hydrogen-bond donors (Lipinski definition) is 1. The van der Waals surface area contributed by atoms with Gasteiger partial charge in [-0.05, 0) is 44.1 Å². The number of nitrogens with one attached hydrogen (secondary N) is 1. The molecule has 6 heteroatoms. The molecule has 0 aromatic heterocycles. The van der Waals surface area contributed by atoms with Crippen LogP contribution in [0.25, 0.3) is 0 Å². The summed E-state index contributed by atoms with van der Waals surface area (Å²) in [6, 6.07) is 6.38. The maximum absolute atomic E-state index is 13.6. The van der Waals surface area contributed by atoms with Crippen molar-refractivity contribution < 1.29 is 13.9 Å². The number of piperidine rings is 1. The van der Waals surface area contributed by atoms with E-state index in [9.17, 15) is 9.18 Å². The number of anilines is 1. The number of carbonyl (C=O) groups is 1. The highest BCUT2D eigenvalue weighted by molar-refractivity contribution is 7.80. The Labute approximate surface area is 129 Å². The van der Waals surface area contributed by atoms with Crippen LogP contribution >= 0.6 is 12.2 Å². The highest BCUT2D eigenvalue weighted by Gasteiger charge is 2.28. The molecule has 1 aromatic carbocycles. The molecule has 21 heavy (non-hydrogen) atoms. The van der Waals surface area contributed by atoms with Gasteiger partial charge in [-0.2, -0.15) is 0 Å². The monoisotopic (exact) mass is 310 g/mol. The Morgan fingerprint density at radius 1 is 1.52 bits per heavy atom. The molecule has 1 atom stereocenters. The van der Waals surface area contributed by atoms with Gasteiger partial charge >= 0.3 is 5.97 Å². The number of hydrogen-bond acceptors (Lipinski definition) is 3. The third kappa shape index (κ3) is 4.14. The van der Waals surface area contributed by atoms with Gasteiger partial charge in [0.2, 0.25) is 0 Å². The Kier molecular flexibility index (Phi) is 5.50. The predicted molar refractivity (Wildman–Crippen MR) is 83.6 cm³/mol. The second-order valence-electron chi connectivity index (χ2n) is 4.95. The van der Waals surface area contributed by atoms with Gasteiger partial charge in [-0.25, -0.2) is 4.39 Å². The maximum Gasteiger partial charge on any atom is 0.310 e. The molecule has 0 spiro atoms. The lowest BCUT2D eigenvalue weighted by molar-refractivity contribution is -0.149. The van der Waals surface area contributed by atoms with Crippen LogP contribution in [0, 0.1) is 11.7 Å². The van der Waals surface area contributed by atoms with Crippen LogP contribution in [-0.4, -0.2) is 35.7 Å². The van der Waals surface area contributed by atoms with Gasteiger partial charge in [-0.1, -0.05) is 12.1 Å². The van der Waals surface area contributed by atoms with E-state index in [0.717, 1.165) is 19.4 Å². The zero-order valence-corrected chi connectivity index (χ0v) is 12.8. The van der Waals surface area contributed by atoms with Crippen molar-refractivity contribution in [3.63, 3.8) is 0 Å². The summed E-state index contributed by atoms with van der Waals surface area (Å²) in [5.41, 5.74) is 0.348. The van der Waals surface area contributed by atoms with E-state index in [1.54, 1.807) is 25.1 Å². The van der Waals surface area contributed by atoms with Crippen LogP contribution in [-0.2, 0) is 9.53 Å². The summed E-state index contributed by atoms with van der Waals surface area (Å²) in [6.07, 6.45) is 1.67. The molecule has 1 aromatic rings. The van der Waals surface area contributed by atoms with E-state index in [0.29, 0.717) is 24.0 Å². The molecule has 1 heterocycles. The van der Waals surface area contributed by atoms with E-state index in [2.05, 4.69) is 5.32 Å². The second kappa shape index (κ2) is 7.36. The SMILES string of the molecule is CCOC(=O)C1CCCN(C(=S)Nc2ccccc2F)C1. The number of nitrogens with zero attached hydrogens (tertiary/aromatic N) is 1. The highest BCUT2D eigenvalue weighted by atomic mass is 32.1. The Hall–Kier alpha value is -1.69. The first-order valence-corrected chi connectivity index (χ1v) is 7.49. The first kappa shape index (κ1) is 15.7. The van der Waals surface area contributed by atoms with E-state index >= 15 is 0 Å². The summed E-state index contributed by atoms with van der Waals surface area (Å²) >= 11 is 5.32. The standard InChI is InChI=1S/C15H19FN2O2S/c1-2-20-14(19)11-6-5-9-18(10-11)15(21)17-13-8-4-3-7-12(13)16/h3-4,7-8,11H,2,5-6,9-10H2,1H3,(H,17,21). The van der Waals surface area contributed by atoms with Crippen molar-refractivity contribution >= 4 is 29.0 Å². The Morgan fingerprint density at radius 2 is 2.29 bits per heavy atom. The zero-order chi connectivity index (χ0) is 15.2.